The van der Waals surface area contributed by atoms with Gasteiger partial charge in [-0.1, -0.05) is 51.1 Å². The standard InChI is InChI=1S/C41H52N6O5S/c1-27-8-6-10-31(20-29-12-16-50-17-13-29)37(27)38-28(2)39-45-40(44-38)46-53(48,49)34-11-7-9-30(21-34)35(32(26-52-39)23-41(3,4)5)22-36-42-24-33(25-43-36)47-14-18-51-19-15-47/h6-11,21,24-25,29,32,35H,12-20,22-23,26H2,1-5H3,(H,44,45,46)/t32-,35?/m1/s1. The van der Waals surface area contributed by atoms with Crippen molar-refractivity contribution in [1.82, 2.24) is 19.9 Å². The number of ether oxygens (including phenoxy) is 3. The van der Waals surface area contributed by atoms with Crippen molar-refractivity contribution in [3.8, 4) is 17.1 Å². The summed E-state index contributed by atoms with van der Waals surface area (Å²) in [6.07, 6.45) is 8.01. The molecule has 1 N–H and O–H groups in total. The van der Waals surface area contributed by atoms with E-state index in [4.69, 9.17) is 34.1 Å². The smallest absolute Gasteiger partial charge is 0.264 e. The number of rotatable bonds is 7. The molecule has 0 radical (unpaired) electrons. The monoisotopic (exact) mass is 740 g/mol. The molecular weight excluding hydrogens is 689 g/mol. The highest BCUT2D eigenvalue weighted by Gasteiger charge is 2.32. The molecular formula is C41H52N6O5S. The van der Waals surface area contributed by atoms with E-state index in [1.807, 2.05) is 31.5 Å². The topological polar surface area (TPSA) is 129 Å². The number of nitrogens with one attached hydrogen (secondary N) is 1. The van der Waals surface area contributed by atoms with Gasteiger partial charge in [0.2, 0.25) is 11.8 Å². The molecule has 0 spiro atoms. The Morgan fingerprint density at radius 2 is 1.62 bits per heavy atom. The molecule has 5 heterocycles. The Morgan fingerprint density at radius 1 is 0.906 bits per heavy atom. The van der Waals surface area contributed by atoms with E-state index in [2.05, 4.69) is 55.5 Å². The van der Waals surface area contributed by atoms with E-state index < -0.39 is 10.0 Å². The van der Waals surface area contributed by atoms with Crippen LogP contribution >= 0.6 is 0 Å². The molecule has 0 saturated carbocycles. The fourth-order valence-electron chi connectivity index (χ4n) is 8.00. The normalized spacial score (nSPS) is 20.8. The third-order valence-electron chi connectivity index (χ3n) is 10.7. The number of fused-ring (bicyclic) bond motifs is 4. The van der Waals surface area contributed by atoms with Crippen molar-refractivity contribution in [2.45, 2.75) is 77.5 Å². The predicted molar refractivity (Wildman–Crippen MR) is 206 cm³/mol. The molecule has 4 bridgehead atoms. The van der Waals surface area contributed by atoms with E-state index in [1.54, 1.807) is 12.1 Å². The van der Waals surface area contributed by atoms with Gasteiger partial charge in [-0.2, -0.15) is 4.98 Å². The third kappa shape index (κ3) is 8.82. The van der Waals surface area contributed by atoms with Crippen LogP contribution in [-0.4, -0.2) is 74.5 Å². The van der Waals surface area contributed by atoms with Gasteiger partial charge in [-0.3, -0.25) is 0 Å². The zero-order chi connectivity index (χ0) is 37.2. The largest absolute Gasteiger partial charge is 0.477 e. The summed E-state index contributed by atoms with van der Waals surface area (Å²) in [5.74, 6) is 1.41. The van der Waals surface area contributed by atoms with Crippen molar-refractivity contribution in [2.75, 3.05) is 55.7 Å². The zero-order valence-electron chi connectivity index (χ0n) is 31.6. The first-order valence-corrected chi connectivity index (χ1v) is 20.4. The molecule has 3 aliphatic rings. The van der Waals surface area contributed by atoms with Crippen LogP contribution in [0, 0.1) is 31.1 Å². The summed E-state index contributed by atoms with van der Waals surface area (Å²) in [6, 6.07) is 13.5. The minimum atomic E-state index is -4.06. The third-order valence-corrected chi connectivity index (χ3v) is 12.0. The lowest BCUT2D eigenvalue weighted by Crippen LogP contribution is -2.36. The number of sulfonamides is 1. The molecule has 2 aromatic heterocycles. The molecule has 2 fully saturated rings. The summed E-state index contributed by atoms with van der Waals surface area (Å²) in [7, 11) is -4.06. The maximum Gasteiger partial charge on any atom is 0.264 e. The molecule has 2 saturated heterocycles. The van der Waals surface area contributed by atoms with Gasteiger partial charge in [-0.25, -0.2) is 28.1 Å². The average molecular weight is 741 g/mol. The van der Waals surface area contributed by atoms with Crippen molar-refractivity contribution >= 4 is 21.7 Å². The summed E-state index contributed by atoms with van der Waals surface area (Å²) < 4.78 is 48.8. The minimum Gasteiger partial charge on any atom is -0.477 e. The van der Waals surface area contributed by atoms with E-state index in [1.165, 1.54) is 5.56 Å². The average Bonchev–Trinajstić information content (AvgIpc) is 3.14. The fourth-order valence-corrected chi connectivity index (χ4v) is 9.00. The van der Waals surface area contributed by atoms with Crippen molar-refractivity contribution in [3.63, 3.8) is 0 Å². The van der Waals surface area contributed by atoms with E-state index >= 15 is 0 Å². The van der Waals surface area contributed by atoms with E-state index in [0.29, 0.717) is 49.6 Å². The number of benzene rings is 2. The Kier molecular flexibility index (Phi) is 11.0. The van der Waals surface area contributed by atoms with Gasteiger partial charge in [0.1, 0.15) is 5.82 Å². The van der Waals surface area contributed by atoms with Crippen molar-refractivity contribution in [3.05, 3.63) is 82.9 Å². The molecule has 2 aromatic carbocycles. The van der Waals surface area contributed by atoms with E-state index in [-0.39, 0.29) is 28.1 Å². The number of morpholine rings is 1. The second-order valence-electron chi connectivity index (χ2n) is 16.0. The van der Waals surface area contributed by atoms with Crippen LogP contribution in [0.15, 0.2) is 59.8 Å². The second kappa shape index (κ2) is 15.7. The van der Waals surface area contributed by atoms with Gasteiger partial charge in [0, 0.05) is 49.8 Å². The second-order valence-corrected chi connectivity index (χ2v) is 17.7. The highest BCUT2D eigenvalue weighted by molar-refractivity contribution is 7.92. The lowest BCUT2D eigenvalue weighted by atomic mass is 9.75. The van der Waals surface area contributed by atoms with E-state index in [9.17, 15) is 8.42 Å². The lowest BCUT2D eigenvalue weighted by Gasteiger charge is -2.33. The summed E-state index contributed by atoms with van der Waals surface area (Å²) in [4.78, 5) is 21.7. The van der Waals surface area contributed by atoms with Crippen LogP contribution in [-0.2, 0) is 32.3 Å². The Hall–Kier alpha value is -4.13. The van der Waals surface area contributed by atoms with Gasteiger partial charge in [-0.15, -0.1) is 0 Å². The summed E-state index contributed by atoms with van der Waals surface area (Å²) >= 11 is 0. The number of hydrogen-bond acceptors (Lipinski definition) is 10. The first-order valence-electron chi connectivity index (χ1n) is 18.9. The molecule has 2 atom stereocenters. The maximum absolute atomic E-state index is 14.1. The Labute approximate surface area is 314 Å². The summed E-state index contributed by atoms with van der Waals surface area (Å²) in [5, 5.41) is 0. The summed E-state index contributed by atoms with van der Waals surface area (Å²) in [5.41, 5.74) is 6.52. The molecule has 3 aliphatic heterocycles. The van der Waals surface area contributed by atoms with Gasteiger partial charge in [-0.05, 0) is 85.6 Å². The predicted octanol–water partition coefficient (Wildman–Crippen LogP) is 6.93. The Bertz CT molecular complexity index is 2000. The molecule has 0 aliphatic carbocycles. The van der Waals surface area contributed by atoms with Crippen LogP contribution < -0.4 is 14.4 Å². The van der Waals surface area contributed by atoms with Gasteiger partial charge in [0.25, 0.3) is 10.0 Å². The van der Waals surface area contributed by atoms with Gasteiger partial charge < -0.3 is 19.1 Å². The lowest BCUT2D eigenvalue weighted by molar-refractivity contribution is 0.0665. The molecule has 0 amide bonds. The van der Waals surface area contributed by atoms with Crippen LogP contribution in [0.3, 0.4) is 0 Å². The highest BCUT2D eigenvalue weighted by atomic mass is 32.2. The van der Waals surface area contributed by atoms with Gasteiger partial charge in [0.05, 0.1) is 48.5 Å². The van der Waals surface area contributed by atoms with Crippen LogP contribution in [0.2, 0.25) is 0 Å². The minimum absolute atomic E-state index is 0.00970. The van der Waals surface area contributed by atoms with Gasteiger partial charge >= 0.3 is 0 Å². The van der Waals surface area contributed by atoms with Crippen molar-refractivity contribution in [2.24, 2.45) is 17.3 Å². The quantitative estimate of drug-likeness (QED) is 0.213. The molecule has 4 aromatic rings. The maximum atomic E-state index is 14.1. The fraction of sp³-hybridized carbons (Fsp3) is 0.512. The van der Waals surface area contributed by atoms with Gasteiger partial charge in [0.15, 0.2) is 0 Å². The number of aromatic nitrogens is 4. The SMILES string of the molecule is Cc1cccc(CC2CCOCC2)c1-c1nc2nc(c1C)OC[C@@H](CC(C)(C)C)C(Cc1ncc(N3CCOCC3)cn1)c1cccc(c1)S(=O)(=O)N2. The first kappa shape index (κ1) is 37.2. The first-order chi connectivity index (χ1) is 25.4. The molecule has 7 rings (SSSR count). The van der Waals surface area contributed by atoms with Crippen LogP contribution in [0.5, 0.6) is 5.88 Å². The van der Waals surface area contributed by atoms with Crippen LogP contribution in [0.4, 0.5) is 11.6 Å². The Balaban J connectivity index is 1.29. The zero-order valence-corrected chi connectivity index (χ0v) is 32.4. The highest BCUT2D eigenvalue weighted by Crippen LogP contribution is 2.40. The molecule has 12 heteroatoms. The number of aryl methyl sites for hydroxylation is 1. The molecule has 1 unspecified atom stereocenters. The number of hydrogen-bond donors (Lipinski definition) is 1. The molecule has 282 valence electrons. The summed E-state index contributed by atoms with van der Waals surface area (Å²) in [6.45, 7) is 15.6. The van der Waals surface area contributed by atoms with E-state index in [0.717, 1.165) is 79.9 Å². The van der Waals surface area contributed by atoms with Crippen LogP contribution in [0.25, 0.3) is 11.3 Å². The van der Waals surface area contributed by atoms with Crippen LogP contribution in [0.1, 0.15) is 74.0 Å². The molecule has 11 nitrogen and oxygen atoms in total. The number of anilines is 2. The Morgan fingerprint density at radius 3 is 2.36 bits per heavy atom. The number of nitrogens with zero attached hydrogens (tertiary/aromatic N) is 5. The van der Waals surface area contributed by atoms with Crippen molar-refractivity contribution in [1.29, 1.82) is 0 Å². The van der Waals surface area contributed by atoms with Crippen molar-refractivity contribution < 1.29 is 22.6 Å². The molecule has 53 heavy (non-hydrogen) atoms.